The van der Waals surface area contributed by atoms with Crippen molar-refractivity contribution in [1.82, 2.24) is 9.97 Å². The highest BCUT2D eigenvalue weighted by molar-refractivity contribution is 6.31. The molecule has 132 valence electrons. The van der Waals surface area contributed by atoms with Crippen LogP contribution in [0.3, 0.4) is 0 Å². The molecular weight excluding hydrogens is 383 g/mol. The molecule has 0 saturated carbocycles. The maximum absolute atomic E-state index is 11.2. The van der Waals surface area contributed by atoms with E-state index in [4.69, 9.17) is 23.2 Å². The molecule has 1 heterocycles. The van der Waals surface area contributed by atoms with Crippen molar-refractivity contribution >= 4 is 52.6 Å². The number of benzene rings is 2. The van der Waals surface area contributed by atoms with E-state index in [-0.39, 0.29) is 24.7 Å². The molecule has 0 aliphatic rings. The van der Waals surface area contributed by atoms with Crippen molar-refractivity contribution in [2.45, 2.75) is 25.7 Å². The summed E-state index contributed by atoms with van der Waals surface area (Å²) in [5.74, 6) is -0.280. The molecule has 7 heteroatoms. The minimum absolute atomic E-state index is 0. The van der Waals surface area contributed by atoms with E-state index in [1.807, 2.05) is 31.2 Å². The molecule has 0 spiro atoms. The van der Waals surface area contributed by atoms with Gasteiger partial charge >= 0.3 is 5.97 Å². The Bertz CT molecular complexity index is 891. The molecule has 1 unspecified atom stereocenters. The molecule has 4 nitrogen and oxygen atoms in total. The van der Waals surface area contributed by atoms with Gasteiger partial charge in [-0.15, -0.1) is 12.4 Å². The third-order valence-corrected chi connectivity index (χ3v) is 4.46. The van der Waals surface area contributed by atoms with Crippen molar-refractivity contribution in [1.29, 1.82) is 0 Å². The highest BCUT2D eigenvalue weighted by atomic mass is 35.5. The van der Waals surface area contributed by atoms with Gasteiger partial charge in [0, 0.05) is 22.4 Å². The summed E-state index contributed by atoms with van der Waals surface area (Å²) in [6, 6.07) is 11.0. The maximum Gasteiger partial charge on any atom is 0.303 e. The largest absolute Gasteiger partial charge is 0.481 e. The number of hydrogen-bond acceptors (Lipinski definition) is 2. The van der Waals surface area contributed by atoms with Crippen LogP contribution < -0.4 is 0 Å². The van der Waals surface area contributed by atoms with Gasteiger partial charge in [0.15, 0.2) is 0 Å². The number of nitrogens with zero attached hydrogens (tertiary/aromatic N) is 1. The van der Waals surface area contributed by atoms with Gasteiger partial charge in [-0.25, -0.2) is 4.98 Å². The fourth-order valence-corrected chi connectivity index (χ4v) is 3.28. The fraction of sp³-hybridized carbons (Fsp3) is 0.222. The van der Waals surface area contributed by atoms with Gasteiger partial charge in [-0.2, -0.15) is 0 Å². The van der Waals surface area contributed by atoms with Crippen LogP contribution in [0.15, 0.2) is 36.4 Å². The third-order valence-electron chi connectivity index (χ3n) is 3.99. The highest BCUT2D eigenvalue weighted by Crippen LogP contribution is 2.27. The molecule has 0 bridgehead atoms. The number of hydrogen-bond donors (Lipinski definition) is 2. The zero-order chi connectivity index (χ0) is 17.3. The molecule has 1 aromatic heterocycles. The first-order valence-corrected chi connectivity index (χ1v) is 8.30. The number of rotatable bonds is 5. The number of aliphatic carboxylic acids is 1. The Labute approximate surface area is 161 Å². The van der Waals surface area contributed by atoms with Crippen LogP contribution in [0.5, 0.6) is 0 Å². The van der Waals surface area contributed by atoms with E-state index in [9.17, 15) is 9.90 Å². The first-order valence-electron chi connectivity index (χ1n) is 7.54. The van der Waals surface area contributed by atoms with E-state index < -0.39 is 5.97 Å². The van der Waals surface area contributed by atoms with Crippen LogP contribution >= 0.6 is 35.6 Å². The zero-order valence-corrected chi connectivity index (χ0v) is 15.8. The molecule has 2 N–H and O–H groups in total. The number of aromatic amines is 1. The van der Waals surface area contributed by atoms with Crippen LogP contribution in [0.2, 0.25) is 10.0 Å². The molecule has 1 atom stereocenters. The van der Waals surface area contributed by atoms with Crippen LogP contribution in [0, 0.1) is 6.92 Å². The number of aryl methyl sites for hydroxylation is 1. The number of carbonyl (C=O) groups is 1. The summed E-state index contributed by atoms with van der Waals surface area (Å²) in [5.41, 5.74) is 3.64. The van der Waals surface area contributed by atoms with E-state index in [2.05, 4.69) is 9.97 Å². The molecule has 0 amide bonds. The molecule has 0 aliphatic heterocycles. The van der Waals surface area contributed by atoms with Crippen molar-refractivity contribution in [2.75, 3.05) is 0 Å². The van der Waals surface area contributed by atoms with Gasteiger partial charge in [-0.05, 0) is 42.3 Å². The summed E-state index contributed by atoms with van der Waals surface area (Å²) in [6.07, 6.45) is 0.526. The topological polar surface area (TPSA) is 66.0 Å². The maximum atomic E-state index is 11.2. The van der Waals surface area contributed by atoms with Gasteiger partial charge in [0.2, 0.25) is 0 Å². The van der Waals surface area contributed by atoms with Gasteiger partial charge in [-0.3, -0.25) is 4.79 Å². The lowest BCUT2D eigenvalue weighted by molar-refractivity contribution is -0.137. The van der Waals surface area contributed by atoms with E-state index >= 15 is 0 Å². The predicted molar refractivity (Wildman–Crippen MR) is 103 cm³/mol. The summed E-state index contributed by atoms with van der Waals surface area (Å²) in [6.45, 7) is 1.95. The molecule has 0 fully saturated rings. The summed E-state index contributed by atoms with van der Waals surface area (Å²) in [4.78, 5) is 19.1. The van der Waals surface area contributed by atoms with Gasteiger partial charge in [0.05, 0.1) is 17.5 Å². The highest BCUT2D eigenvalue weighted by Gasteiger charge is 2.19. The normalized spacial score (nSPS) is 12.0. The minimum atomic E-state index is -0.842. The second-order valence-corrected chi connectivity index (χ2v) is 6.73. The number of carboxylic acids is 1. The van der Waals surface area contributed by atoms with Gasteiger partial charge in [0.1, 0.15) is 5.82 Å². The van der Waals surface area contributed by atoms with E-state index in [1.165, 1.54) is 0 Å². The van der Waals surface area contributed by atoms with E-state index in [1.54, 1.807) is 12.1 Å². The van der Waals surface area contributed by atoms with Gasteiger partial charge in [0.25, 0.3) is 0 Å². The number of aromatic nitrogens is 2. The molecular formula is C18H17Cl3N2O2. The number of nitrogens with one attached hydrogen (secondary N) is 1. The molecule has 2 aromatic carbocycles. The van der Waals surface area contributed by atoms with Crippen molar-refractivity contribution in [3.05, 3.63) is 63.4 Å². The standard InChI is InChI=1S/C18H16Cl2N2O2.ClH/c1-10-6-14(20)9-15-18(10)22-16(21-15)7-12(8-17(23)24)11-2-4-13(19)5-3-11;/h2-6,9,12H,7-8H2,1H3,(H,21,22)(H,23,24);1H. The van der Waals surface area contributed by atoms with Crippen LogP contribution in [-0.2, 0) is 11.2 Å². The SMILES string of the molecule is Cc1cc(Cl)cc2[nH]c(CC(CC(=O)O)c3ccc(Cl)cc3)nc12.Cl. The number of fused-ring (bicyclic) bond motifs is 1. The summed E-state index contributed by atoms with van der Waals surface area (Å²) in [5, 5.41) is 10.5. The first kappa shape index (κ1) is 19.6. The van der Waals surface area contributed by atoms with E-state index in [0.29, 0.717) is 16.5 Å². The minimum Gasteiger partial charge on any atom is -0.481 e. The summed E-state index contributed by atoms with van der Waals surface area (Å²) >= 11 is 12.0. The average Bonchev–Trinajstić information content (AvgIpc) is 2.89. The van der Waals surface area contributed by atoms with Gasteiger partial charge < -0.3 is 10.1 Å². The Balaban J connectivity index is 0.00000225. The second-order valence-electron chi connectivity index (χ2n) is 5.85. The Morgan fingerprint density at radius 1 is 1.20 bits per heavy atom. The molecule has 3 rings (SSSR count). The third kappa shape index (κ3) is 4.66. The van der Waals surface area contributed by atoms with Crippen molar-refractivity contribution in [2.24, 2.45) is 0 Å². The summed E-state index contributed by atoms with van der Waals surface area (Å²) in [7, 11) is 0. The average molecular weight is 400 g/mol. The van der Waals surface area contributed by atoms with E-state index in [0.717, 1.165) is 28.0 Å². The molecule has 3 aromatic rings. The summed E-state index contributed by atoms with van der Waals surface area (Å²) < 4.78 is 0. The lowest BCUT2D eigenvalue weighted by Gasteiger charge is -2.14. The Morgan fingerprint density at radius 3 is 2.52 bits per heavy atom. The van der Waals surface area contributed by atoms with Crippen LogP contribution in [0.25, 0.3) is 11.0 Å². The molecule has 25 heavy (non-hydrogen) atoms. The monoisotopic (exact) mass is 398 g/mol. The predicted octanol–water partition coefficient (Wildman–Crippen LogP) is 5.40. The Hall–Kier alpha value is -1.75. The number of carboxylic acid groups (broad SMARTS) is 1. The van der Waals surface area contributed by atoms with Crippen molar-refractivity contribution in [3.8, 4) is 0 Å². The van der Waals surface area contributed by atoms with Crippen LogP contribution in [-0.4, -0.2) is 21.0 Å². The second kappa shape index (κ2) is 8.09. The molecule has 0 saturated heterocycles. The molecule has 0 aliphatic carbocycles. The van der Waals surface area contributed by atoms with Gasteiger partial charge in [-0.1, -0.05) is 35.3 Å². The lowest BCUT2D eigenvalue weighted by atomic mass is 9.92. The first-order chi connectivity index (χ1) is 11.4. The van der Waals surface area contributed by atoms with Crippen LogP contribution in [0.4, 0.5) is 0 Å². The number of halogens is 3. The zero-order valence-electron chi connectivity index (χ0n) is 13.4. The Kier molecular flexibility index (Phi) is 6.33. The van der Waals surface area contributed by atoms with Crippen molar-refractivity contribution < 1.29 is 9.90 Å². The molecule has 0 radical (unpaired) electrons. The number of H-pyrrole nitrogens is 1. The van der Waals surface area contributed by atoms with Crippen LogP contribution in [0.1, 0.15) is 29.3 Å². The Morgan fingerprint density at radius 2 is 1.88 bits per heavy atom. The quantitative estimate of drug-likeness (QED) is 0.603. The number of imidazole rings is 1. The smallest absolute Gasteiger partial charge is 0.303 e. The lowest BCUT2D eigenvalue weighted by Crippen LogP contribution is -2.10. The van der Waals surface area contributed by atoms with Crippen molar-refractivity contribution in [3.63, 3.8) is 0 Å². The fourth-order valence-electron chi connectivity index (χ4n) is 2.88.